The average Bonchev–Trinajstić information content (AvgIpc) is 2.27. The second-order valence-electron chi connectivity index (χ2n) is 4.36. The molecule has 0 aromatic rings. The summed E-state index contributed by atoms with van der Waals surface area (Å²) >= 11 is 0. The third kappa shape index (κ3) is 1.76. The van der Waals surface area contributed by atoms with Gasteiger partial charge in [0.25, 0.3) is 0 Å². The highest BCUT2D eigenvalue weighted by molar-refractivity contribution is 4.94. The van der Waals surface area contributed by atoms with Gasteiger partial charge in [-0.25, -0.2) is 0 Å². The van der Waals surface area contributed by atoms with Gasteiger partial charge in [-0.1, -0.05) is 20.3 Å². The predicted molar refractivity (Wildman–Crippen MR) is 49.6 cm³/mol. The molecule has 3 atom stereocenters. The van der Waals surface area contributed by atoms with E-state index in [1.165, 1.54) is 19.3 Å². The zero-order valence-corrected chi connectivity index (χ0v) is 8.28. The molecule has 0 aliphatic heterocycles. The zero-order chi connectivity index (χ0) is 8.48. The molecular formula is C10H21N. The minimum absolute atomic E-state index is 0.431. The summed E-state index contributed by atoms with van der Waals surface area (Å²) in [6.45, 7) is 7.04. The Bertz CT molecular complexity index is 133. The largest absolute Gasteiger partial charge is 0.315 e. The van der Waals surface area contributed by atoms with Gasteiger partial charge in [-0.3, -0.25) is 0 Å². The van der Waals surface area contributed by atoms with E-state index in [0.29, 0.717) is 5.54 Å². The molecule has 1 heteroatoms. The summed E-state index contributed by atoms with van der Waals surface area (Å²) in [7, 11) is 2.09. The van der Waals surface area contributed by atoms with E-state index in [1.54, 1.807) is 0 Å². The molecule has 0 radical (unpaired) electrons. The molecule has 1 nitrogen and oxygen atoms in total. The Labute approximate surface area is 70.6 Å². The summed E-state index contributed by atoms with van der Waals surface area (Å²) in [6.07, 6.45) is 4.06. The Balaban J connectivity index is 2.55. The lowest BCUT2D eigenvalue weighted by atomic mass is 9.95. The van der Waals surface area contributed by atoms with Crippen molar-refractivity contribution < 1.29 is 0 Å². The van der Waals surface area contributed by atoms with E-state index in [4.69, 9.17) is 0 Å². The van der Waals surface area contributed by atoms with Gasteiger partial charge < -0.3 is 5.32 Å². The Morgan fingerprint density at radius 2 is 2.09 bits per heavy atom. The minimum atomic E-state index is 0.431. The lowest BCUT2D eigenvalue weighted by molar-refractivity contribution is 0.375. The molecule has 0 heterocycles. The highest BCUT2D eigenvalue weighted by Crippen LogP contribution is 2.40. The Kier molecular flexibility index (Phi) is 2.58. The molecule has 0 spiro atoms. The van der Waals surface area contributed by atoms with Crippen molar-refractivity contribution in [1.82, 2.24) is 5.32 Å². The molecule has 1 fully saturated rings. The highest BCUT2D eigenvalue weighted by atomic mass is 14.9. The van der Waals surface area contributed by atoms with Crippen LogP contribution in [0, 0.1) is 11.8 Å². The summed E-state index contributed by atoms with van der Waals surface area (Å²) < 4.78 is 0. The molecule has 1 rings (SSSR count). The van der Waals surface area contributed by atoms with Crippen molar-refractivity contribution in [2.75, 3.05) is 7.05 Å². The van der Waals surface area contributed by atoms with Crippen LogP contribution in [0.4, 0.5) is 0 Å². The molecule has 66 valence electrons. The molecule has 1 N–H and O–H groups in total. The van der Waals surface area contributed by atoms with Crippen LogP contribution >= 0.6 is 0 Å². The van der Waals surface area contributed by atoms with Crippen LogP contribution in [-0.4, -0.2) is 12.6 Å². The van der Waals surface area contributed by atoms with Crippen LogP contribution in [0.2, 0.25) is 0 Å². The van der Waals surface area contributed by atoms with E-state index in [2.05, 4.69) is 33.1 Å². The summed E-state index contributed by atoms with van der Waals surface area (Å²) in [5.41, 5.74) is 0.431. The van der Waals surface area contributed by atoms with Gasteiger partial charge in [-0.05, 0) is 38.6 Å². The lowest BCUT2D eigenvalue weighted by Crippen LogP contribution is -2.36. The molecule has 11 heavy (non-hydrogen) atoms. The van der Waals surface area contributed by atoms with E-state index in [1.807, 2.05) is 0 Å². The molecule has 0 bridgehead atoms. The number of rotatable bonds is 2. The van der Waals surface area contributed by atoms with Gasteiger partial charge in [0, 0.05) is 5.54 Å². The minimum Gasteiger partial charge on any atom is -0.315 e. The Morgan fingerprint density at radius 1 is 1.45 bits per heavy atom. The normalized spacial score (nSPS) is 44.7. The summed E-state index contributed by atoms with van der Waals surface area (Å²) in [4.78, 5) is 0. The maximum Gasteiger partial charge on any atom is 0.0155 e. The van der Waals surface area contributed by atoms with Crippen molar-refractivity contribution in [3.05, 3.63) is 0 Å². The van der Waals surface area contributed by atoms with Crippen molar-refractivity contribution in [2.24, 2.45) is 11.8 Å². The summed E-state index contributed by atoms with van der Waals surface area (Å²) in [5.74, 6) is 1.87. The Morgan fingerprint density at radius 3 is 2.36 bits per heavy atom. The fourth-order valence-corrected chi connectivity index (χ4v) is 2.49. The van der Waals surface area contributed by atoms with Crippen LogP contribution in [0.1, 0.15) is 40.0 Å². The molecule has 1 aliphatic rings. The first-order valence-electron chi connectivity index (χ1n) is 4.80. The van der Waals surface area contributed by atoms with E-state index >= 15 is 0 Å². The molecule has 2 unspecified atom stereocenters. The van der Waals surface area contributed by atoms with E-state index in [-0.39, 0.29) is 0 Å². The van der Waals surface area contributed by atoms with Gasteiger partial charge in [-0.15, -0.1) is 0 Å². The first-order valence-corrected chi connectivity index (χ1v) is 4.80. The van der Waals surface area contributed by atoms with Crippen molar-refractivity contribution >= 4 is 0 Å². The second kappa shape index (κ2) is 3.14. The number of hydrogen-bond donors (Lipinski definition) is 1. The van der Waals surface area contributed by atoms with E-state index < -0.39 is 0 Å². The van der Waals surface area contributed by atoms with Gasteiger partial charge in [0.2, 0.25) is 0 Å². The summed E-state index contributed by atoms with van der Waals surface area (Å²) in [5, 5.41) is 3.44. The van der Waals surface area contributed by atoms with Crippen molar-refractivity contribution in [3.8, 4) is 0 Å². The van der Waals surface area contributed by atoms with Crippen LogP contribution < -0.4 is 5.32 Å². The van der Waals surface area contributed by atoms with Crippen molar-refractivity contribution in [2.45, 2.75) is 45.6 Å². The van der Waals surface area contributed by atoms with E-state index in [9.17, 15) is 0 Å². The second-order valence-corrected chi connectivity index (χ2v) is 4.36. The number of hydrogen-bond acceptors (Lipinski definition) is 1. The first kappa shape index (κ1) is 9.05. The molecule has 0 saturated heterocycles. The van der Waals surface area contributed by atoms with Crippen LogP contribution in [-0.2, 0) is 0 Å². The molecular weight excluding hydrogens is 134 g/mol. The highest BCUT2D eigenvalue weighted by Gasteiger charge is 2.37. The maximum atomic E-state index is 3.44. The quantitative estimate of drug-likeness (QED) is 0.645. The molecule has 1 aliphatic carbocycles. The first-order chi connectivity index (χ1) is 5.11. The smallest absolute Gasteiger partial charge is 0.0155 e. The SMILES string of the molecule is CCC1CC(C)(NC)C[C@@H]1C. The maximum absolute atomic E-state index is 3.44. The number of nitrogens with one attached hydrogen (secondary N) is 1. The molecule has 0 amide bonds. The fourth-order valence-electron chi connectivity index (χ4n) is 2.49. The van der Waals surface area contributed by atoms with Crippen LogP contribution in [0.3, 0.4) is 0 Å². The standard InChI is InChI=1S/C10H21N/c1-5-9-7-10(3,11-4)6-8(9)2/h8-9,11H,5-7H2,1-4H3/t8-,9?,10?/m0/s1. The van der Waals surface area contributed by atoms with Gasteiger partial charge in [-0.2, -0.15) is 0 Å². The van der Waals surface area contributed by atoms with Crippen molar-refractivity contribution in [3.63, 3.8) is 0 Å². The van der Waals surface area contributed by atoms with Crippen molar-refractivity contribution in [1.29, 1.82) is 0 Å². The zero-order valence-electron chi connectivity index (χ0n) is 8.28. The van der Waals surface area contributed by atoms with Gasteiger partial charge in [0.05, 0.1) is 0 Å². The molecule has 0 aromatic heterocycles. The molecule has 0 aromatic carbocycles. The predicted octanol–water partition coefficient (Wildman–Crippen LogP) is 2.42. The third-order valence-corrected chi connectivity index (χ3v) is 3.42. The van der Waals surface area contributed by atoms with Crippen LogP contribution in [0.25, 0.3) is 0 Å². The lowest BCUT2D eigenvalue weighted by Gasteiger charge is -2.23. The monoisotopic (exact) mass is 155 g/mol. The third-order valence-electron chi connectivity index (χ3n) is 3.42. The topological polar surface area (TPSA) is 12.0 Å². The van der Waals surface area contributed by atoms with Gasteiger partial charge >= 0.3 is 0 Å². The van der Waals surface area contributed by atoms with E-state index in [0.717, 1.165) is 11.8 Å². The summed E-state index contributed by atoms with van der Waals surface area (Å²) in [6, 6.07) is 0. The molecule has 1 saturated carbocycles. The van der Waals surface area contributed by atoms with Gasteiger partial charge in [0.15, 0.2) is 0 Å². The van der Waals surface area contributed by atoms with Gasteiger partial charge in [0.1, 0.15) is 0 Å². The Hall–Kier alpha value is -0.0400. The fraction of sp³-hybridized carbons (Fsp3) is 1.00. The van der Waals surface area contributed by atoms with Crippen LogP contribution in [0.15, 0.2) is 0 Å². The average molecular weight is 155 g/mol. The van der Waals surface area contributed by atoms with Crippen LogP contribution in [0.5, 0.6) is 0 Å².